The van der Waals surface area contributed by atoms with E-state index >= 15 is 0 Å². The van der Waals surface area contributed by atoms with E-state index in [2.05, 4.69) is 24.1 Å². The first-order chi connectivity index (χ1) is 5.75. The monoisotopic (exact) mass is 168 g/mol. The number of piperazine rings is 1. The molecule has 2 fully saturated rings. The van der Waals surface area contributed by atoms with E-state index in [1.54, 1.807) is 0 Å². The third-order valence-corrected chi connectivity index (χ3v) is 3.08. The van der Waals surface area contributed by atoms with Gasteiger partial charge in [-0.05, 0) is 32.6 Å². The maximum atomic E-state index is 3.51. The lowest BCUT2D eigenvalue weighted by Gasteiger charge is -2.37. The van der Waals surface area contributed by atoms with Crippen molar-refractivity contribution < 1.29 is 0 Å². The van der Waals surface area contributed by atoms with Gasteiger partial charge in [-0.2, -0.15) is 0 Å². The lowest BCUT2D eigenvalue weighted by atomic mass is 10.1. The maximum absolute atomic E-state index is 3.51. The van der Waals surface area contributed by atoms with Crippen LogP contribution in [-0.4, -0.2) is 36.6 Å². The fourth-order valence-electron chi connectivity index (χ4n) is 1.98. The van der Waals surface area contributed by atoms with Crippen LogP contribution in [0.4, 0.5) is 0 Å². The van der Waals surface area contributed by atoms with Crippen LogP contribution in [0, 0.1) is 5.92 Å². The summed E-state index contributed by atoms with van der Waals surface area (Å²) in [5.74, 6) is 1.04. The SMILES string of the molecule is C[C@@H]1CN(CC2CC2)[C@@H](C)CN1. The van der Waals surface area contributed by atoms with Crippen molar-refractivity contribution in [2.45, 2.75) is 38.8 Å². The van der Waals surface area contributed by atoms with Crippen molar-refractivity contribution in [3.8, 4) is 0 Å². The molecule has 0 aromatic heterocycles. The Morgan fingerprint density at radius 1 is 1.33 bits per heavy atom. The van der Waals surface area contributed by atoms with E-state index in [-0.39, 0.29) is 0 Å². The lowest BCUT2D eigenvalue weighted by molar-refractivity contribution is 0.140. The van der Waals surface area contributed by atoms with Gasteiger partial charge in [0.15, 0.2) is 0 Å². The van der Waals surface area contributed by atoms with Gasteiger partial charge in [0, 0.05) is 31.7 Å². The molecule has 0 radical (unpaired) electrons. The molecule has 1 saturated heterocycles. The Morgan fingerprint density at radius 3 is 2.75 bits per heavy atom. The molecule has 0 spiro atoms. The van der Waals surface area contributed by atoms with Crippen LogP contribution in [0.1, 0.15) is 26.7 Å². The molecule has 1 heterocycles. The second-order valence-electron chi connectivity index (χ2n) is 4.56. The van der Waals surface area contributed by atoms with Crippen LogP contribution in [0.3, 0.4) is 0 Å². The molecule has 1 saturated carbocycles. The topological polar surface area (TPSA) is 15.3 Å². The minimum atomic E-state index is 0.694. The van der Waals surface area contributed by atoms with Gasteiger partial charge in [0.05, 0.1) is 0 Å². The molecular weight excluding hydrogens is 148 g/mol. The Balaban J connectivity index is 1.82. The molecule has 0 aromatic rings. The normalized spacial score (nSPS) is 38.5. The molecule has 0 bridgehead atoms. The molecule has 2 nitrogen and oxygen atoms in total. The largest absolute Gasteiger partial charge is 0.311 e. The van der Waals surface area contributed by atoms with Crippen LogP contribution < -0.4 is 5.32 Å². The van der Waals surface area contributed by atoms with Crippen molar-refractivity contribution in [1.29, 1.82) is 0 Å². The van der Waals surface area contributed by atoms with Gasteiger partial charge in [0.2, 0.25) is 0 Å². The first-order valence-corrected chi connectivity index (χ1v) is 5.23. The third-order valence-electron chi connectivity index (χ3n) is 3.08. The Bertz CT molecular complexity index is 152. The smallest absolute Gasteiger partial charge is 0.0193 e. The van der Waals surface area contributed by atoms with Gasteiger partial charge in [-0.3, -0.25) is 4.90 Å². The van der Waals surface area contributed by atoms with Gasteiger partial charge in [0.1, 0.15) is 0 Å². The van der Waals surface area contributed by atoms with Crippen LogP contribution in [-0.2, 0) is 0 Å². The molecule has 2 heteroatoms. The number of nitrogens with zero attached hydrogens (tertiary/aromatic N) is 1. The summed E-state index contributed by atoms with van der Waals surface area (Å²) in [6.45, 7) is 8.39. The molecule has 70 valence electrons. The zero-order chi connectivity index (χ0) is 8.55. The predicted octanol–water partition coefficient (Wildman–Crippen LogP) is 1.08. The van der Waals surface area contributed by atoms with E-state index in [0.29, 0.717) is 6.04 Å². The van der Waals surface area contributed by atoms with E-state index < -0.39 is 0 Å². The number of nitrogens with one attached hydrogen (secondary N) is 1. The van der Waals surface area contributed by atoms with Gasteiger partial charge in [-0.1, -0.05) is 0 Å². The molecule has 0 unspecified atom stereocenters. The van der Waals surface area contributed by atoms with E-state index in [1.165, 1.54) is 32.5 Å². The van der Waals surface area contributed by atoms with Crippen molar-refractivity contribution in [3.05, 3.63) is 0 Å². The van der Waals surface area contributed by atoms with Crippen molar-refractivity contribution in [2.75, 3.05) is 19.6 Å². The van der Waals surface area contributed by atoms with Crippen molar-refractivity contribution in [1.82, 2.24) is 10.2 Å². The number of hydrogen-bond donors (Lipinski definition) is 1. The van der Waals surface area contributed by atoms with Crippen LogP contribution >= 0.6 is 0 Å². The highest BCUT2D eigenvalue weighted by Crippen LogP contribution is 2.30. The Morgan fingerprint density at radius 2 is 2.08 bits per heavy atom. The molecule has 1 aliphatic carbocycles. The summed E-state index contributed by atoms with van der Waals surface area (Å²) in [5.41, 5.74) is 0. The fourth-order valence-corrected chi connectivity index (χ4v) is 1.98. The van der Waals surface area contributed by atoms with Gasteiger partial charge >= 0.3 is 0 Å². The lowest BCUT2D eigenvalue weighted by Crippen LogP contribution is -2.54. The number of rotatable bonds is 2. The Hall–Kier alpha value is -0.0800. The average Bonchev–Trinajstić information content (AvgIpc) is 2.81. The quantitative estimate of drug-likeness (QED) is 0.663. The predicted molar refractivity (Wildman–Crippen MR) is 51.2 cm³/mol. The van der Waals surface area contributed by atoms with Crippen molar-refractivity contribution in [2.24, 2.45) is 5.92 Å². The summed E-state index contributed by atoms with van der Waals surface area (Å²) in [6.07, 6.45) is 2.95. The highest BCUT2D eigenvalue weighted by atomic mass is 15.2. The maximum Gasteiger partial charge on any atom is 0.0193 e. The second-order valence-corrected chi connectivity index (χ2v) is 4.56. The second kappa shape index (κ2) is 3.35. The van der Waals surface area contributed by atoms with Crippen LogP contribution in [0.2, 0.25) is 0 Å². The molecule has 2 atom stereocenters. The summed E-state index contributed by atoms with van der Waals surface area (Å²) in [5, 5.41) is 3.51. The minimum absolute atomic E-state index is 0.694. The molecule has 0 amide bonds. The zero-order valence-electron chi connectivity index (χ0n) is 8.21. The third kappa shape index (κ3) is 1.99. The van der Waals surface area contributed by atoms with Gasteiger partial charge < -0.3 is 5.32 Å². The van der Waals surface area contributed by atoms with Crippen molar-refractivity contribution in [3.63, 3.8) is 0 Å². The minimum Gasteiger partial charge on any atom is -0.311 e. The van der Waals surface area contributed by atoms with Gasteiger partial charge in [-0.15, -0.1) is 0 Å². The van der Waals surface area contributed by atoms with E-state index in [0.717, 1.165) is 12.0 Å². The highest BCUT2D eigenvalue weighted by molar-refractivity contribution is 4.85. The summed E-state index contributed by atoms with van der Waals surface area (Å²) in [6, 6.07) is 1.45. The molecule has 2 rings (SSSR count). The highest BCUT2D eigenvalue weighted by Gasteiger charge is 2.29. The first kappa shape index (κ1) is 8.52. The standard InChI is InChI=1S/C10H20N2/c1-8-6-12(7-10-3-4-10)9(2)5-11-8/h8-11H,3-7H2,1-2H3/t8-,9+/m1/s1. The average molecular weight is 168 g/mol. The number of hydrogen-bond acceptors (Lipinski definition) is 2. The summed E-state index contributed by atoms with van der Waals surface area (Å²) >= 11 is 0. The van der Waals surface area contributed by atoms with E-state index in [1.807, 2.05) is 0 Å². The molecule has 2 aliphatic rings. The first-order valence-electron chi connectivity index (χ1n) is 5.23. The van der Waals surface area contributed by atoms with Crippen molar-refractivity contribution >= 4 is 0 Å². The van der Waals surface area contributed by atoms with Gasteiger partial charge in [-0.25, -0.2) is 0 Å². The van der Waals surface area contributed by atoms with Crippen LogP contribution in [0.15, 0.2) is 0 Å². The fraction of sp³-hybridized carbons (Fsp3) is 1.00. The summed E-state index contributed by atoms with van der Waals surface area (Å²) in [7, 11) is 0. The Kier molecular flexibility index (Phi) is 2.37. The molecule has 12 heavy (non-hydrogen) atoms. The van der Waals surface area contributed by atoms with Crippen LogP contribution in [0.25, 0.3) is 0 Å². The van der Waals surface area contributed by atoms with E-state index in [9.17, 15) is 0 Å². The molecule has 0 aromatic carbocycles. The van der Waals surface area contributed by atoms with E-state index in [4.69, 9.17) is 0 Å². The summed E-state index contributed by atoms with van der Waals surface area (Å²) in [4.78, 5) is 2.65. The molecule has 1 N–H and O–H groups in total. The van der Waals surface area contributed by atoms with Gasteiger partial charge in [0.25, 0.3) is 0 Å². The summed E-state index contributed by atoms with van der Waals surface area (Å²) < 4.78 is 0. The molecular formula is C10H20N2. The Labute approximate surface area is 75.3 Å². The van der Waals surface area contributed by atoms with Crippen LogP contribution in [0.5, 0.6) is 0 Å². The molecule has 1 aliphatic heterocycles. The zero-order valence-corrected chi connectivity index (χ0v) is 8.21.